The standard InChI is InChI=1S/C12H14N2O/c1-12(10-5-3-2-4-6-10)9-15-11(7-13)8-14-12/h2-6,11,14H,8-9H2,1H3. The lowest BCUT2D eigenvalue weighted by atomic mass is 9.91. The van der Waals surface area contributed by atoms with Gasteiger partial charge in [0.15, 0.2) is 6.10 Å². The van der Waals surface area contributed by atoms with Crippen molar-refractivity contribution in [1.29, 1.82) is 5.26 Å². The van der Waals surface area contributed by atoms with Crippen LogP contribution >= 0.6 is 0 Å². The van der Waals surface area contributed by atoms with Gasteiger partial charge in [-0.2, -0.15) is 5.26 Å². The zero-order chi connectivity index (χ0) is 10.7. The average molecular weight is 202 g/mol. The minimum absolute atomic E-state index is 0.172. The second-order valence-corrected chi connectivity index (χ2v) is 4.01. The van der Waals surface area contributed by atoms with Gasteiger partial charge in [-0.05, 0) is 12.5 Å². The molecule has 1 fully saturated rings. The van der Waals surface area contributed by atoms with Crippen molar-refractivity contribution in [2.45, 2.75) is 18.6 Å². The number of nitrogens with zero attached hydrogens (tertiary/aromatic N) is 1. The van der Waals surface area contributed by atoms with Gasteiger partial charge in [-0.15, -0.1) is 0 Å². The number of hydrogen-bond donors (Lipinski definition) is 1. The Balaban J connectivity index is 2.14. The van der Waals surface area contributed by atoms with Crippen LogP contribution in [0.1, 0.15) is 12.5 Å². The molecule has 2 atom stereocenters. The van der Waals surface area contributed by atoms with Gasteiger partial charge in [0, 0.05) is 6.54 Å². The third kappa shape index (κ3) is 2.01. The lowest BCUT2D eigenvalue weighted by Gasteiger charge is -2.37. The van der Waals surface area contributed by atoms with Gasteiger partial charge in [0.05, 0.1) is 18.2 Å². The molecule has 0 amide bonds. The van der Waals surface area contributed by atoms with Crippen LogP contribution in [0.25, 0.3) is 0 Å². The zero-order valence-corrected chi connectivity index (χ0v) is 8.73. The van der Waals surface area contributed by atoms with E-state index < -0.39 is 0 Å². The highest BCUT2D eigenvalue weighted by Gasteiger charge is 2.32. The van der Waals surface area contributed by atoms with Gasteiger partial charge in [-0.3, -0.25) is 0 Å². The van der Waals surface area contributed by atoms with Gasteiger partial charge in [-0.25, -0.2) is 0 Å². The van der Waals surface area contributed by atoms with Crippen LogP contribution in [0, 0.1) is 11.3 Å². The van der Waals surface area contributed by atoms with Crippen molar-refractivity contribution in [2.24, 2.45) is 0 Å². The van der Waals surface area contributed by atoms with Gasteiger partial charge in [0.1, 0.15) is 0 Å². The molecule has 1 N–H and O–H groups in total. The minimum atomic E-state index is -0.318. The Morgan fingerprint density at radius 3 is 2.73 bits per heavy atom. The Bertz CT molecular complexity index is 361. The van der Waals surface area contributed by atoms with Crippen molar-refractivity contribution in [2.75, 3.05) is 13.2 Å². The molecule has 1 aliphatic heterocycles. The maximum absolute atomic E-state index is 8.72. The average Bonchev–Trinajstić information content (AvgIpc) is 2.31. The SMILES string of the molecule is CC1(c2ccccc2)COC(C#N)CN1. The summed E-state index contributed by atoms with van der Waals surface area (Å²) in [6.07, 6.45) is -0.318. The van der Waals surface area contributed by atoms with Crippen LogP contribution in [0.15, 0.2) is 30.3 Å². The van der Waals surface area contributed by atoms with E-state index in [4.69, 9.17) is 10.00 Å². The van der Waals surface area contributed by atoms with Gasteiger partial charge >= 0.3 is 0 Å². The molecule has 1 aliphatic rings. The molecule has 0 aliphatic carbocycles. The second kappa shape index (κ2) is 4.01. The van der Waals surface area contributed by atoms with E-state index in [0.717, 1.165) is 0 Å². The first-order chi connectivity index (χ1) is 7.24. The molecule has 3 nitrogen and oxygen atoms in total. The molecule has 0 spiro atoms. The van der Waals surface area contributed by atoms with E-state index in [2.05, 4.69) is 30.4 Å². The number of rotatable bonds is 1. The molecular weight excluding hydrogens is 188 g/mol. The molecule has 1 aromatic carbocycles. The fraction of sp³-hybridized carbons (Fsp3) is 0.417. The summed E-state index contributed by atoms with van der Waals surface area (Å²) in [6.45, 7) is 3.22. The van der Waals surface area contributed by atoms with Crippen molar-refractivity contribution in [3.05, 3.63) is 35.9 Å². The third-order valence-electron chi connectivity index (χ3n) is 2.81. The highest BCUT2D eigenvalue weighted by atomic mass is 16.5. The Morgan fingerprint density at radius 1 is 1.47 bits per heavy atom. The van der Waals surface area contributed by atoms with Gasteiger partial charge in [-0.1, -0.05) is 30.3 Å². The normalized spacial score (nSPS) is 30.8. The molecule has 1 heterocycles. The number of morpholine rings is 1. The van der Waals surface area contributed by atoms with Crippen LogP contribution < -0.4 is 5.32 Å². The monoisotopic (exact) mass is 202 g/mol. The van der Waals surface area contributed by atoms with E-state index in [1.807, 2.05) is 18.2 Å². The quantitative estimate of drug-likeness (QED) is 0.749. The summed E-state index contributed by atoms with van der Waals surface area (Å²) in [5, 5.41) is 12.1. The van der Waals surface area contributed by atoms with Crippen molar-refractivity contribution >= 4 is 0 Å². The highest BCUT2D eigenvalue weighted by Crippen LogP contribution is 2.24. The summed E-state index contributed by atoms with van der Waals surface area (Å²) >= 11 is 0. The summed E-state index contributed by atoms with van der Waals surface area (Å²) in [5.41, 5.74) is 1.02. The molecule has 1 saturated heterocycles. The Hall–Kier alpha value is -1.37. The molecular formula is C12H14N2O. The topological polar surface area (TPSA) is 45.0 Å². The first-order valence-electron chi connectivity index (χ1n) is 5.06. The first kappa shape index (κ1) is 10.2. The van der Waals surface area contributed by atoms with Crippen molar-refractivity contribution in [3.8, 4) is 6.07 Å². The third-order valence-corrected chi connectivity index (χ3v) is 2.81. The maximum atomic E-state index is 8.72. The molecule has 0 aromatic heterocycles. The highest BCUT2D eigenvalue weighted by molar-refractivity contribution is 5.24. The molecule has 1 aromatic rings. The lowest BCUT2D eigenvalue weighted by Crippen LogP contribution is -2.52. The number of benzene rings is 1. The van der Waals surface area contributed by atoms with E-state index in [9.17, 15) is 0 Å². The molecule has 2 unspecified atom stereocenters. The van der Waals surface area contributed by atoms with E-state index in [-0.39, 0.29) is 11.6 Å². The Labute approximate surface area is 89.7 Å². The van der Waals surface area contributed by atoms with Crippen LogP contribution in [-0.4, -0.2) is 19.3 Å². The predicted molar refractivity (Wildman–Crippen MR) is 57.1 cm³/mol. The Morgan fingerprint density at radius 2 is 2.20 bits per heavy atom. The van der Waals surface area contributed by atoms with Gasteiger partial charge < -0.3 is 10.1 Å². The van der Waals surface area contributed by atoms with E-state index in [1.54, 1.807) is 0 Å². The first-order valence-corrected chi connectivity index (χ1v) is 5.06. The molecule has 2 rings (SSSR count). The number of ether oxygens (including phenoxy) is 1. The lowest BCUT2D eigenvalue weighted by molar-refractivity contribution is -0.00157. The van der Waals surface area contributed by atoms with E-state index >= 15 is 0 Å². The molecule has 0 saturated carbocycles. The fourth-order valence-electron chi connectivity index (χ4n) is 1.77. The number of nitrogens with one attached hydrogen (secondary N) is 1. The summed E-state index contributed by atoms with van der Waals surface area (Å²) in [7, 11) is 0. The van der Waals surface area contributed by atoms with Crippen LogP contribution in [-0.2, 0) is 10.3 Å². The number of hydrogen-bond acceptors (Lipinski definition) is 3. The maximum Gasteiger partial charge on any atom is 0.156 e. The van der Waals surface area contributed by atoms with Crippen LogP contribution in [0.4, 0.5) is 0 Å². The van der Waals surface area contributed by atoms with Crippen LogP contribution in [0.2, 0.25) is 0 Å². The number of nitriles is 1. The molecule has 0 bridgehead atoms. The molecule has 78 valence electrons. The van der Waals surface area contributed by atoms with Gasteiger partial charge in [0.2, 0.25) is 0 Å². The van der Waals surface area contributed by atoms with Gasteiger partial charge in [0.25, 0.3) is 0 Å². The largest absolute Gasteiger partial charge is 0.360 e. The molecule has 3 heteroatoms. The summed E-state index contributed by atoms with van der Waals surface area (Å²) in [5.74, 6) is 0. The van der Waals surface area contributed by atoms with Crippen molar-refractivity contribution in [3.63, 3.8) is 0 Å². The predicted octanol–water partition coefficient (Wildman–Crippen LogP) is 1.41. The Kier molecular flexibility index (Phi) is 2.72. The van der Waals surface area contributed by atoms with Crippen LogP contribution in [0.5, 0.6) is 0 Å². The summed E-state index contributed by atoms with van der Waals surface area (Å²) < 4.78 is 5.47. The second-order valence-electron chi connectivity index (χ2n) is 4.01. The smallest absolute Gasteiger partial charge is 0.156 e. The van der Waals surface area contributed by atoms with Crippen molar-refractivity contribution in [1.82, 2.24) is 5.32 Å². The molecule has 0 radical (unpaired) electrons. The summed E-state index contributed by atoms with van der Waals surface area (Å²) in [6, 6.07) is 12.3. The molecule has 15 heavy (non-hydrogen) atoms. The zero-order valence-electron chi connectivity index (χ0n) is 8.73. The minimum Gasteiger partial charge on any atom is -0.360 e. The van der Waals surface area contributed by atoms with E-state index in [0.29, 0.717) is 13.2 Å². The van der Waals surface area contributed by atoms with Crippen molar-refractivity contribution < 1.29 is 4.74 Å². The summed E-state index contributed by atoms with van der Waals surface area (Å²) in [4.78, 5) is 0. The fourth-order valence-corrected chi connectivity index (χ4v) is 1.77. The van der Waals surface area contributed by atoms with Crippen LogP contribution in [0.3, 0.4) is 0 Å². The van der Waals surface area contributed by atoms with E-state index in [1.165, 1.54) is 5.56 Å².